The Balaban J connectivity index is 1.89. The lowest BCUT2D eigenvalue weighted by molar-refractivity contribution is -0.121. The molecule has 0 bridgehead atoms. The number of ketones is 1. The Morgan fingerprint density at radius 1 is 1.43 bits per heavy atom. The summed E-state index contributed by atoms with van der Waals surface area (Å²) in [5, 5.41) is 4.12. The monoisotopic (exact) mass is 193 g/mol. The fourth-order valence-corrected chi connectivity index (χ4v) is 1.77. The number of rotatable bonds is 2. The average molecular weight is 193 g/mol. The molecule has 1 aliphatic heterocycles. The van der Waals surface area contributed by atoms with Crippen LogP contribution in [0.2, 0.25) is 0 Å². The van der Waals surface area contributed by atoms with Gasteiger partial charge in [0.2, 0.25) is 0 Å². The lowest BCUT2D eigenvalue weighted by Gasteiger charge is -2.24. The number of aryl methyl sites for hydroxylation is 1. The molecule has 0 unspecified atom stereocenters. The third-order valence-corrected chi connectivity index (χ3v) is 2.58. The Hall–Kier alpha value is -1.16. The van der Waals surface area contributed by atoms with Gasteiger partial charge in [0.25, 0.3) is 0 Å². The number of likely N-dealkylation sites (tertiary alicyclic amines) is 1. The van der Waals surface area contributed by atoms with Gasteiger partial charge in [-0.3, -0.25) is 14.4 Å². The van der Waals surface area contributed by atoms with Crippen LogP contribution < -0.4 is 0 Å². The highest BCUT2D eigenvalue weighted by molar-refractivity contribution is 5.79. The fraction of sp³-hybridized carbons (Fsp3) is 0.600. The van der Waals surface area contributed by atoms with E-state index in [4.69, 9.17) is 0 Å². The predicted octanol–water partition coefficient (Wildman–Crippen LogP) is 0.585. The minimum absolute atomic E-state index is 0.396. The van der Waals surface area contributed by atoms with Crippen molar-refractivity contribution >= 4 is 5.78 Å². The molecule has 14 heavy (non-hydrogen) atoms. The van der Waals surface area contributed by atoms with Crippen molar-refractivity contribution in [2.24, 2.45) is 7.05 Å². The summed E-state index contributed by atoms with van der Waals surface area (Å²) in [7, 11) is 1.92. The second-order valence-corrected chi connectivity index (χ2v) is 3.84. The maximum atomic E-state index is 11.0. The molecule has 0 aliphatic carbocycles. The molecule has 1 fully saturated rings. The molecule has 0 saturated carbocycles. The van der Waals surface area contributed by atoms with E-state index in [2.05, 4.69) is 10.00 Å². The highest BCUT2D eigenvalue weighted by Crippen LogP contribution is 2.09. The first-order valence-electron chi connectivity index (χ1n) is 4.95. The van der Waals surface area contributed by atoms with Gasteiger partial charge in [-0.15, -0.1) is 0 Å². The van der Waals surface area contributed by atoms with Crippen molar-refractivity contribution in [3.63, 3.8) is 0 Å². The second kappa shape index (κ2) is 3.92. The summed E-state index contributed by atoms with van der Waals surface area (Å²) in [5.74, 6) is 0.396. The Morgan fingerprint density at radius 2 is 2.14 bits per heavy atom. The van der Waals surface area contributed by atoms with E-state index in [0.717, 1.165) is 19.6 Å². The van der Waals surface area contributed by atoms with Gasteiger partial charge >= 0.3 is 0 Å². The van der Waals surface area contributed by atoms with E-state index in [9.17, 15) is 4.79 Å². The van der Waals surface area contributed by atoms with Gasteiger partial charge in [-0.25, -0.2) is 0 Å². The summed E-state index contributed by atoms with van der Waals surface area (Å²) in [4.78, 5) is 13.3. The van der Waals surface area contributed by atoms with Crippen LogP contribution in [0.3, 0.4) is 0 Å². The van der Waals surface area contributed by atoms with Gasteiger partial charge < -0.3 is 0 Å². The van der Waals surface area contributed by atoms with Gasteiger partial charge in [0.05, 0.1) is 6.20 Å². The number of Topliss-reactive ketones (excluding diaryl/α,β-unsaturated/α-hetero) is 1. The minimum atomic E-state index is 0.396. The van der Waals surface area contributed by atoms with Crippen LogP contribution in [0.1, 0.15) is 18.4 Å². The van der Waals surface area contributed by atoms with Crippen molar-refractivity contribution in [2.75, 3.05) is 13.1 Å². The van der Waals surface area contributed by atoms with Crippen molar-refractivity contribution in [3.8, 4) is 0 Å². The largest absolute Gasteiger partial charge is 0.300 e. The maximum Gasteiger partial charge on any atom is 0.135 e. The van der Waals surface area contributed by atoms with Crippen molar-refractivity contribution in [3.05, 3.63) is 18.0 Å². The lowest BCUT2D eigenvalue weighted by atomic mass is 10.1. The molecule has 1 saturated heterocycles. The number of carbonyl (C=O) groups is 1. The quantitative estimate of drug-likeness (QED) is 0.689. The van der Waals surface area contributed by atoms with Crippen LogP contribution in [-0.4, -0.2) is 33.6 Å². The van der Waals surface area contributed by atoms with Crippen LogP contribution in [0.25, 0.3) is 0 Å². The zero-order valence-corrected chi connectivity index (χ0v) is 8.44. The summed E-state index contributed by atoms with van der Waals surface area (Å²) in [6.07, 6.45) is 5.33. The Bertz CT molecular complexity index is 322. The van der Waals surface area contributed by atoms with E-state index in [0.29, 0.717) is 18.6 Å². The molecule has 4 heteroatoms. The number of carbonyl (C=O) groups excluding carboxylic acids is 1. The average Bonchev–Trinajstić information content (AvgIpc) is 2.56. The van der Waals surface area contributed by atoms with Crippen molar-refractivity contribution in [2.45, 2.75) is 19.4 Å². The van der Waals surface area contributed by atoms with E-state index in [1.165, 1.54) is 5.56 Å². The summed E-state index contributed by atoms with van der Waals surface area (Å²) in [6.45, 7) is 2.71. The number of aromatic nitrogens is 2. The fourth-order valence-electron chi connectivity index (χ4n) is 1.77. The Labute approximate surface area is 83.5 Å². The van der Waals surface area contributed by atoms with Gasteiger partial charge in [0.1, 0.15) is 5.78 Å². The molecule has 2 heterocycles. The van der Waals surface area contributed by atoms with E-state index in [1.807, 2.05) is 24.1 Å². The smallest absolute Gasteiger partial charge is 0.135 e. The first kappa shape index (κ1) is 9.40. The standard InChI is InChI=1S/C10H15N3O/c1-12-7-9(6-11-12)8-13-4-2-10(14)3-5-13/h6-7H,2-5,8H2,1H3. The molecule has 76 valence electrons. The van der Waals surface area contributed by atoms with Crippen molar-refractivity contribution < 1.29 is 4.79 Å². The molecule has 0 radical (unpaired) electrons. The van der Waals surface area contributed by atoms with Gasteiger partial charge in [0.15, 0.2) is 0 Å². The first-order chi connectivity index (χ1) is 6.74. The molecule has 0 amide bonds. The summed E-state index contributed by atoms with van der Waals surface area (Å²) < 4.78 is 1.81. The summed E-state index contributed by atoms with van der Waals surface area (Å²) in [6, 6.07) is 0. The number of hydrogen-bond acceptors (Lipinski definition) is 3. The number of hydrogen-bond donors (Lipinski definition) is 0. The van der Waals surface area contributed by atoms with Crippen LogP contribution in [0, 0.1) is 0 Å². The summed E-state index contributed by atoms with van der Waals surface area (Å²) >= 11 is 0. The van der Waals surface area contributed by atoms with Gasteiger partial charge in [-0.1, -0.05) is 0 Å². The highest BCUT2D eigenvalue weighted by atomic mass is 16.1. The third-order valence-electron chi connectivity index (χ3n) is 2.58. The van der Waals surface area contributed by atoms with Crippen LogP contribution in [0.15, 0.2) is 12.4 Å². The van der Waals surface area contributed by atoms with Gasteiger partial charge in [-0.2, -0.15) is 5.10 Å². The SMILES string of the molecule is Cn1cc(CN2CCC(=O)CC2)cn1. The maximum absolute atomic E-state index is 11.0. The molecule has 1 aromatic rings. The van der Waals surface area contributed by atoms with Gasteiger partial charge in [0, 0.05) is 51.3 Å². The van der Waals surface area contributed by atoms with Crippen LogP contribution in [0.4, 0.5) is 0 Å². The predicted molar refractivity (Wildman–Crippen MR) is 52.7 cm³/mol. The molecular formula is C10H15N3O. The Morgan fingerprint density at radius 3 is 2.71 bits per heavy atom. The zero-order valence-electron chi connectivity index (χ0n) is 8.44. The molecule has 0 spiro atoms. The molecule has 1 aromatic heterocycles. The van der Waals surface area contributed by atoms with E-state index in [-0.39, 0.29) is 0 Å². The molecule has 0 N–H and O–H groups in total. The van der Waals surface area contributed by atoms with E-state index >= 15 is 0 Å². The zero-order chi connectivity index (χ0) is 9.97. The number of nitrogens with zero attached hydrogens (tertiary/aromatic N) is 3. The molecule has 1 aliphatic rings. The van der Waals surface area contributed by atoms with E-state index in [1.54, 1.807) is 0 Å². The van der Waals surface area contributed by atoms with Gasteiger partial charge in [-0.05, 0) is 0 Å². The molecule has 0 aromatic carbocycles. The van der Waals surface area contributed by atoms with Crippen LogP contribution in [-0.2, 0) is 18.4 Å². The normalized spacial score (nSPS) is 18.8. The van der Waals surface area contributed by atoms with Crippen LogP contribution >= 0.6 is 0 Å². The number of piperidine rings is 1. The van der Waals surface area contributed by atoms with E-state index < -0.39 is 0 Å². The topological polar surface area (TPSA) is 38.1 Å². The minimum Gasteiger partial charge on any atom is -0.300 e. The second-order valence-electron chi connectivity index (χ2n) is 3.84. The summed E-state index contributed by atoms with van der Waals surface area (Å²) in [5.41, 5.74) is 1.22. The first-order valence-corrected chi connectivity index (χ1v) is 4.95. The Kier molecular flexibility index (Phi) is 2.63. The van der Waals surface area contributed by atoms with Crippen molar-refractivity contribution in [1.82, 2.24) is 14.7 Å². The third kappa shape index (κ3) is 2.20. The lowest BCUT2D eigenvalue weighted by Crippen LogP contribution is -2.33. The van der Waals surface area contributed by atoms with Crippen LogP contribution in [0.5, 0.6) is 0 Å². The highest BCUT2D eigenvalue weighted by Gasteiger charge is 2.16. The van der Waals surface area contributed by atoms with Crippen molar-refractivity contribution in [1.29, 1.82) is 0 Å². The molecular weight excluding hydrogens is 178 g/mol. The molecule has 4 nitrogen and oxygen atoms in total. The molecule has 0 atom stereocenters. The molecule has 2 rings (SSSR count).